The molecule has 0 aliphatic heterocycles. The van der Waals surface area contributed by atoms with Gasteiger partial charge in [-0.05, 0) is 115 Å². The normalized spacial score (nSPS) is 44.2. The first-order valence-corrected chi connectivity index (χ1v) is 13.6. The molecule has 0 spiro atoms. The maximum absolute atomic E-state index is 9.32. The molecule has 4 aliphatic carbocycles. The van der Waals surface area contributed by atoms with Gasteiger partial charge in [0.05, 0.1) is 6.61 Å². The van der Waals surface area contributed by atoms with Crippen molar-refractivity contribution in [1.82, 2.24) is 0 Å². The van der Waals surface area contributed by atoms with Crippen molar-refractivity contribution in [3.8, 4) is 0 Å². The number of aliphatic hydroxyl groups is 1. The second-order valence-corrected chi connectivity index (χ2v) is 13.6. The Bertz CT molecular complexity index is 827. The number of fused-ring (bicyclic) bond motifs is 5. The third-order valence-corrected chi connectivity index (χ3v) is 11.9. The minimum Gasteiger partial charge on any atom is -0.392 e. The zero-order chi connectivity index (χ0) is 23.5. The summed E-state index contributed by atoms with van der Waals surface area (Å²) in [7, 11) is 0. The molecular formula is C31H50O. The lowest BCUT2D eigenvalue weighted by Gasteiger charge is -2.61. The SMILES string of the molecule is C/C(=C\CCC(C)[C@H]1CC[C@@]2(C)C3=CCC4C(C)(C)[C@@H](C)CC[C@]4(C)C3=CC[C@]12C)CO. The quantitative estimate of drug-likeness (QED) is 0.426. The molecule has 0 amide bonds. The molecule has 0 saturated heterocycles. The lowest BCUT2D eigenvalue weighted by Crippen LogP contribution is -2.52. The van der Waals surface area contributed by atoms with Crippen molar-refractivity contribution in [2.24, 2.45) is 45.3 Å². The first-order valence-electron chi connectivity index (χ1n) is 13.6. The summed E-state index contributed by atoms with van der Waals surface area (Å²) in [4.78, 5) is 0. The van der Waals surface area contributed by atoms with E-state index >= 15 is 0 Å². The van der Waals surface area contributed by atoms with E-state index in [1.165, 1.54) is 44.9 Å². The van der Waals surface area contributed by atoms with Crippen LogP contribution in [0, 0.1) is 45.3 Å². The Kier molecular flexibility index (Phi) is 6.19. The fourth-order valence-electron chi connectivity index (χ4n) is 8.99. The Labute approximate surface area is 198 Å². The Balaban J connectivity index is 1.63. The molecule has 0 aromatic carbocycles. The number of hydrogen-bond acceptors (Lipinski definition) is 1. The van der Waals surface area contributed by atoms with Crippen LogP contribution in [-0.2, 0) is 0 Å². The van der Waals surface area contributed by atoms with Gasteiger partial charge in [0.15, 0.2) is 0 Å². The van der Waals surface area contributed by atoms with E-state index < -0.39 is 0 Å². The molecule has 32 heavy (non-hydrogen) atoms. The van der Waals surface area contributed by atoms with Gasteiger partial charge in [0, 0.05) is 0 Å². The molecule has 2 fully saturated rings. The molecule has 2 saturated carbocycles. The van der Waals surface area contributed by atoms with Crippen molar-refractivity contribution in [1.29, 1.82) is 0 Å². The third-order valence-electron chi connectivity index (χ3n) is 11.9. The lowest BCUT2D eigenvalue weighted by atomic mass is 9.43. The van der Waals surface area contributed by atoms with Gasteiger partial charge in [0.2, 0.25) is 0 Å². The number of allylic oxidation sites excluding steroid dienone is 5. The first-order chi connectivity index (χ1) is 14.9. The summed E-state index contributed by atoms with van der Waals surface area (Å²) in [6.45, 7) is 20.2. The van der Waals surface area contributed by atoms with E-state index in [-0.39, 0.29) is 6.61 Å². The lowest BCUT2D eigenvalue weighted by molar-refractivity contribution is -0.0279. The maximum Gasteiger partial charge on any atom is 0.0639 e. The van der Waals surface area contributed by atoms with Crippen LogP contribution in [0.4, 0.5) is 0 Å². The fourth-order valence-corrected chi connectivity index (χ4v) is 8.99. The van der Waals surface area contributed by atoms with Gasteiger partial charge in [0.1, 0.15) is 0 Å². The molecule has 1 heteroatoms. The van der Waals surface area contributed by atoms with Gasteiger partial charge in [-0.25, -0.2) is 0 Å². The summed E-state index contributed by atoms with van der Waals surface area (Å²) < 4.78 is 0. The van der Waals surface area contributed by atoms with Crippen LogP contribution >= 0.6 is 0 Å². The maximum atomic E-state index is 9.32. The van der Waals surface area contributed by atoms with Crippen molar-refractivity contribution < 1.29 is 5.11 Å². The highest BCUT2D eigenvalue weighted by Gasteiger charge is 2.62. The van der Waals surface area contributed by atoms with Crippen molar-refractivity contribution in [3.05, 3.63) is 34.9 Å². The molecule has 0 bridgehead atoms. The number of hydrogen-bond donors (Lipinski definition) is 1. The van der Waals surface area contributed by atoms with Crippen molar-refractivity contribution in [3.63, 3.8) is 0 Å². The second kappa shape index (κ2) is 8.14. The van der Waals surface area contributed by atoms with E-state index in [9.17, 15) is 5.11 Å². The highest BCUT2D eigenvalue weighted by atomic mass is 16.3. The summed E-state index contributed by atoms with van der Waals surface area (Å²) in [5, 5.41) is 9.32. The van der Waals surface area contributed by atoms with Gasteiger partial charge in [0.25, 0.3) is 0 Å². The second-order valence-electron chi connectivity index (χ2n) is 13.6. The van der Waals surface area contributed by atoms with Crippen molar-refractivity contribution in [2.75, 3.05) is 6.61 Å². The van der Waals surface area contributed by atoms with Crippen LogP contribution in [0.2, 0.25) is 0 Å². The molecule has 1 N–H and O–H groups in total. The highest BCUT2D eigenvalue weighted by molar-refractivity contribution is 5.49. The van der Waals surface area contributed by atoms with Crippen LogP contribution in [0.5, 0.6) is 0 Å². The third kappa shape index (κ3) is 3.35. The Morgan fingerprint density at radius 1 is 1.09 bits per heavy atom. The topological polar surface area (TPSA) is 20.2 Å². The van der Waals surface area contributed by atoms with E-state index in [1.807, 2.05) is 6.92 Å². The molecule has 0 aromatic rings. The summed E-state index contributed by atoms with van der Waals surface area (Å²) >= 11 is 0. The standard InChI is InChI=1S/C31H50O/c1-21(20-32)10-9-11-22(2)24-15-18-31(8)26-12-13-27-28(4,5)23(3)14-17-29(27,6)25(26)16-19-30(24,31)7/h10,12,16,22-24,27,32H,9,11,13-15,17-20H2,1-8H3/b21-10+/t22?,23-,24+,27?,29+,30+,31-/m0/s1. The highest BCUT2D eigenvalue weighted by Crippen LogP contribution is 2.72. The molecule has 0 heterocycles. The zero-order valence-corrected chi connectivity index (χ0v) is 22.4. The molecular weight excluding hydrogens is 388 g/mol. The average molecular weight is 439 g/mol. The summed E-state index contributed by atoms with van der Waals surface area (Å²) in [5.41, 5.74) is 6.10. The molecule has 0 radical (unpaired) electrons. The van der Waals surface area contributed by atoms with Crippen LogP contribution in [0.3, 0.4) is 0 Å². The van der Waals surface area contributed by atoms with Crippen LogP contribution in [0.1, 0.15) is 107 Å². The largest absolute Gasteiger partial charge is 0.392 e. The van der Waals surface area contributed by atoms with Crippen LogP contribution < -0.4 is 0 Å². The van der Waals surface area contributed by atoms with Crippen molar-refractivity contribution in [2.45, 2.75) is 107 Å². The van der Waals surface area contributed by atoms with Crippen LogP contribution in [0.25, 0.3) is 0 Å². The van der Waals surface area contributed by atoms with E-state index in [1.54, 1.807) is 11.1 Å². The number of aliphatic hydroxyl groups excluding tert-OH is 1. The van der Waals surface area contributed by atoms with Gasteiger partial charge in [-0.2, -0.15) is 0 Å². The van der Waals surface area contributed by atoms with Gasteiger partial charge in [-0.15, -0.1) is 0 Å². The Morgan fingerprint density at radius 3 is 2.50 bits per heavy atom. The van der Waals surface area contributed by atoms with E-state index in [2.05, 4.69) is 66.7 Å². The van der Waals surface area contributed by atoms with Crippen LogP contribution in [-0.4, -0.2) is 11.7 Å². The van der Waals surface area contributed by atoms with Gasteiger partial charge in [-0.3, -0.25) is 0 Å². The Morgan fingerprint density at radius 2 is 1.81 bits per heavy atom. The van der Waals surface area contributed by atoms with E-state index in [0.29, 0.717) is 21.7 Å². The van der Waals surface area contributed by atoms with Gasteiger partial charge < -0.3 is 5.11 Å². The smallest absolute Gasteiger partial charge is 0.0639 e. The first kappa shape index (κ1) is 24.3. The molecule has 0 aromatic heterocycles. The summed E-state index contributed by atoms with van der Waals surface area (Å²) in [5.74, 6) is 3.13. The molecule has 4 rings (SSSR count). The zero-order valence-electron chi connectivity index (χ0n) is 22.4. The predicted molar refractivity (Wildman–Crippen MR) is 137 cm³/mol. The number of rotatable bonds is 5. The van der Waals surface area contributed by atoms with E-state index in [0.717, 1.165) is 35.7 Å². The minimum atomic E-state index is 0.199. The van der Waals surface area contributed by atoms with Crippen molar-refractivity contribution >= 4 is 0 Å². The predicted octanol–water partition coefficient (Wildman–Crippen LogP) is 8.50. The average Bonchev–Trinajstić information content (AvgIpc) is 3.02. The minimum absolute atomic E-state index is 0.199. The molecule has 4 aliphatic rings. The monoisotopic (exact) mass is 438 g/mol. The summed E-state index contributed by atoms with van der Waals surface area (Å²) in [6.07, 6.45) is 18.1. The van der Waals surface area contributed by atoms with Crippen LogP contribution in [0.15, 0.2) is 34.9 Å². The Hall–Kier alpha value is -0.820. The van der Waals surface area contributed by atoms with Gasteiger partial charge in [-0.1, -0.05) is 72.3 Å². The van der Waals surface area contributed by atoms with E-state index in [4.69, 9.17) is 0 Å². The molecule has 180 valence electrons. The molecule has 7 atom stereocenters. The molecule has 1 nitrogen and oxygen atoms in total. The summed E-state index contributed by atoms with van der Waals surface area (Å²) in [6, 6.07) is 0. The molecule has 2 unspecified atom stereocenters. The fraction of sp³-hybridized carbons (Fsp3) is 0.806. The van der Waals surface area contributed by atoms with Gasteiger partial charge >= 0.3 is 0 Å².